The van der Waals surface area contributed by atoms with Gasteiger partial charge in [0.25, 0.3) is 0 Å². The minimum absolute atomic E-state index is 0.302. The van der Waals surface area contributed by atoms with Crippen molar-refractivity contribution >= 4 is 12.3 Å². The van der Waals surface area contributed by atoms with Gasteiger partial charge in [0.2, 0.25) is 0 Å². The molecule has 0 saturated carbocycles. The molecule has 0 unspecified atom stereocenters. The summed E-state index contributed by atoms with van der Waals surface area (Å²) in [5, 5.41) is 0. The Balaban J connectivity index is 3.24. The third kappa shape index (κ3) is 10.5. The molecule has 3 nitrogen and oxygen atoms in total. The van der Waals surface area contributed by atoms with Crippen molar-refractivity contribution in [1.29, 1.82) is 0 Å². The molecule has 15 heavy (non-hydrogen) atoms. The van der Waals surface area contributed by atoms with Crippen LogP contribution in [-0.4, -0.2) is 19.4 Å². The number of esters is 1. The van der Waals surface area contributed by atoms with E-state index in [1.807, 2.05) is 12.2 Å². The lowest BCUT2D eigenvalue weighted by Gasteiger charge is -1.94. The molecule has 0 atom stereocenters. The number of carbonyl (C=O) groups is 2. The minimum atomic E-state index is -0.302. The van der Waals surface area contributed by atoms with Crippen LogP contribution in [0.2, 0.25) is 0 Å². The zero-order chi connectivity index (χ0) is 11.4. The fraction of sp³-hybridized carbons (Fsp3) is 0.500. The monoisotopic (exact) mass is 210 g/mol. The lowest BCUT2D eigenvalue weighted by molar-refractivity contribution is -0.134. The summed E-state index contributed by atoms with van der Waals surface area (Å²) in [6.07, 6.45) is 12.5. The Hall–Kier alpha value is -1.38. The van der Waals surface area contributed by atoms with Crippen LogP contribution in [0.4, 0.5) is 0 Å². The molecule has 0 bridgehead atoms. The first kappa shape index (κ1) is 13.6. The standard InChI is InChI=1S/C12H18O3/c1-15-12(14)10-8-6-4-2-3-5-7-9-11-13/h7-11H,2-6H2,1H3/b9-7+,10-8+. The number of hydrogen-bond donors (Lipinski definition) is 0. The summed E-state index contributed by atoms with van der Waals surface area (Å²) in [6, 6.07) is 0. The quantitative estimate of drug-likeness (QED) is 0.267. The molecule has 0 aliphatic heterocycles. The number of unbranched alkanes of at least 4 members (excludes halogenated alkanes) is 4. The van der Waals surface area contributed by atoms with Crippen molar-refractivity contribution < 1.29 is 14.3 Å². The van der Waals surface area contributed by atoms with E-state index in [9.17, 15) is 9.59 Å². The molecule has 0 amide bonds. The van der Waals surface area contributed by atoms with Crippen LogP contribution in [0.3, 0.4) is 0 Å². The van der Waals surface area contributed by atoms with Gasteiger partial charge in [-0.05, 0) is 31.8 Å². The zero-order valence-electron chi connectivity index (χ0n) is 9.15. The van der Waals surface area contributed by atoms with Crippen molar-refractivity contribution in [2.45, 2.75) is 32.1 Å². The van der Waals surface area contributed by atoms with Gasteiger partial charge >= 0.3 is 5.97 Å². The first-order chi connectivity index (χ1) is 7.31. The summed E-state index contributed by atoms with van der Waals surface area (Å²) in [5.41, 5.74) is 0. The fourth-order valence-electron chi connectivity index (χ4n) is 1.10. The van der Waals surface area contributed by atoms with Gasteiger partial charge in [-0.3, -0.25) is 4.79 Å². The van der Waals surface area contributed by atoms with Crippen LogP contribution in [-0.2, 0) is 14.3 Å². The molecule has 0 aromatic carbocycles. The fourth-order valence-corrected chi connectivity index (χ4v) is 1.10. The topological polar surface area (TPSA) is 43.4 Å². The molecule has 0 aliphatic rings. The summed E-state index contributed by atoms with van der Waals surface area (Å²) in [6.45, 7) is 0. The Morgan fingerprint density at radius 2 is 1.80 bits per heavy atom. The van der Waals surface area contributed by atoms with E-state index in [1.54, 1.807) is 0 Å². The van der Waals surface area contributed by atoms with Gasteiger partial charge in [-0.1, -0.05) is 18.6 Å². The van der Waals surface area contributed by atoms with E-state index in [-0.39, 0.29) is 5.97 Å². The van der Waals surface area contributed by atoms with Gasteiger partial charge in [-0.25, -0.2) is 4.79 Å². The highest BCUT2D eigenvalue weighted by molar-refractivity contribution is 5.81. The second-order valence-electron chi connectivity index (χ2n) is 3.13. The van der Waals surface area contributed by atoms with E-state index in [4.69, 9.17) is 0 Å². The van der Waals surface area contributed by atoms with Gasteiger partial charge in [0.15, 0.2) is 0 Å². The maximum atomic E-state index is 10.7. The number of allylic oxidation sites excluding steroid dienone is 3. The number of ether oxygens (including phenoxy) is 1. The molecule has 0 heterocycles. The van der Waals surface area contributed by atoms with Crippen LogP contribution in [0.15, 0.2) is 24.3 Å². The van der Waals surface area contributed by atoms with Crippen LogP contribution in [0, 0.1) is 0 Å². The number of methoxy groups -OCH3 is 1. The maximum Gasteiger partial charge on any atom is 0.330 e. The molecular weight excluding hydrogens is 192 g/mol. The van der Waals surface area contributed by atoms with Crippen LogP contribution in [0.1, 0.15) is 32.1 Å². The van der Waals surface area contributed by atoms with Gasteiger partial charge in [-0.15, -0.1) is 0 Å². The summed E-state index contributed by atoms with van der Waals surface area (Å²) >= 11 is 0. The largest absolute Gasteiger partial charge is 0.466 e. The third-order valence-electron chi connectivity index (χ3n) is 1.91. The average Bonchev–Trinajstić information content (AvgIpc) is 2.26. The summed E-state index contributed by atoms with van der Waals surface area (Å²) in [5.74, 6) is -0.302. The molecule has 0 rings (SSSR count). The average molecular weight is 210 g/mol. The second-order valence-corrected chi connectivity index (χ2v) is 3.13. The van der Waals surface area contributed by atoms with Crippen molar-refractivity contribution in [3.8, 4) is 0 Å². The van der Waals surface area contributed by atoms with E-state index in [2.05, 4.69) is 4.74 Å². The molecule has 84 valence electrons. The van der Waals surface area contributed by atoms with E-state index >= 15 is 0 Å². The van der Waals surface area contributed by atoms with Gasteiger partial charge in [0.05, 0.1) is 7.11 Å². The van der Waals surface area contributed by atoms with Crippen molar-refractivity contribution in [3.63, 3.8) is 0 Å². The van der Waals surface area contributed by atoms with Gasteiger partial charge < -0.3 is 4.74 Å². The van der Waals surface area contributed by atoms with E-state index in [0.717, 1.165) is 38.4 Å². The lowest BCUT2D eigenvalue weighted by Crippen LogP contribution is -1.93. The van der Waals surface area contributed by atoms with Crippen LogP contribution < -0.4 is 0 Å². The van der Waals surface area contributed by atoms with Crippen molar-refractivity contribution in [3.05, 3.63) is 24.3 Å². The smallest absolute Gasteiger partial charge is 0.330 e. The Morgan fingerprint density at radius 1 is 1.13 bits per heavy atom. The molecule has 0 spiro atoms. The zero-order valence-corrected chi connectivity index (χ0v) is 9.15. The Labute approximate surface area is 90.8 Å². The molecule has 0 aromatic rings. The van der Waals surface area contributed by atoms with Gasteiger partial charge in [0.1, 0.15) is 6.29 Å². The van der Waals surface area contributed by atoms with E-state index in [1.165, 1.54) is 19.3 Å². The highest BCUT2D eigenvalue weighted by Gasteiger charge is 1.90. The normalized spacial score (nSPS) is 11.0. The van der Waals surface area contributed by atoms with Crippen molar-refractivity contribution in [2.24, 2.45) is 0 Å². The molecule has 0 saturated heterocycles. The number of carbonyl (C=O) groups excluding carboxylic acids is 2. The molecule has 3 heteroatoms. The van der Waals surface area contributed by atoms with E-state index in [0.29, 0.717) is 0 Å². The Morgan fingerprint density at radius 3 is 2.40 bits per heavy atom. The van der Waals surface area contributed by atoms with Crippen LogP contribution in [0.25, 0.3) is 0 Å². The van der Waals surface area contributed by atoms with E-state index < -0.39 is 0 Å². The minimum Gasteiger partial charge on any atom is -0.466 e. The SMILES string of the molecule is COC(=O)/C=C/CCCCC/C=C/C=O. The van der Waals surface area contributed by atoms with Crippen molar-refractivity contribution in [1.82, 2.24) is 0 Å². The molecule has 0 fully saturated rings. The lowest BCUT2D eigenvalue weighted by atomic mass is 10.1. The van der Waals surface area contributed by atoms with Crippen molar-refractivity contribution in [2.75, 3.05) is 7.11 Å². The first-order valence-corrected chi connectivity index (χ1v) is 5.16. The highest BCUT2D eigenvalue weighted by atomic mass is 16.5. The predicted molar refractivity (Wildman–Crippen MR) is 59.4 cm³/mol. The number of hydrogen-bond acceptors (Lipinski definition) is 3. The third-order valence-corrected chi connectivity index (χ3v) is 1.91. The molecule has 0 N–H and O–H groups in total. The molecule has 0 aromatic heterocycles. The molecule has 0 aliphatic carbocycles. The highest BCUT2D eigenvalue weighted by Crippen LogP contribution is 2.04. The molecular formula is C12H18O3. The second kappa shape index (κ2) is 10.7. The predicted octanol–water partition coefficient (Wildman–Crippen LogP) is 2.42. The van der Waals surface area contributed by atoms with Crippen LogP contribution >= 0.6 is 0 Å². The first-order valence-electron chi connectivity index (χ1n) is 5.16. The Bertz CT molecular complexity index is 229. The maximum absolute atomic E-state index is 10.7. The van der Waals surface area contributed by atoms with Gasteiger partial charge in [-0.2, -0.15) is 0 Å². The van der Waals surface area contributed by atoms with Crippen LogP contribution in [0.5, 0.6) is 0 Å². The summed E-state index contributed by atoms with van der Waals surface area (Å²) < 4.78 is 4.45. The Kier molecular flexibility index (Phi) is 9.71. The number of rotatable bonds is 8. The summed E-state index contributed by atoms with van der Waals surface area (Å²) in [4.78, 5) is 20.6. The number of aldehydes is 1. The molecule has 0 radical (unpaired) electrons. The summed E-state index contributed by atoms with van der Waals surface area (Å²) in [7, 11) is 1.37. The van der Waals surface area contributed by atoms with Gasteiger partial charge in [0, 0.05) is 6.08 Å².